The minimum absolute atomic E-state index is 0.0506. The van der Waals surface area contributed by atoms with E-state index >= 15 is 0 Å². The fraction of sp³-hybridized carbons (Fsp3) is 0.333. The number of aromatic nitrogens is 5. The van der Waals surface area contributed by atoms with E-state index in [-0.39, 0.29) is 5.75 Å². The van der Waals surface area contributed by atoms with E-state index in [1.165, 1.54) is 0 Å². The Morgan fingerprint density at radius 3 is 2.88 bits per heavy atom. The highest BCUT2D eigenvalue weighted by molar-refractivity contribution is 7.99. The predicted molar refractivity (Wildman–Crippen MR) is 61.2 cm³/mol. The Kier molecular flexibility index (Phi) is 3.14. The SMILES string of the molecule is Cc1nnc(SCC(=O)O)n1-c1ccn(C)n1. The van der Waals surface area contributed by atoms with Gasteiger partial charge >= 0.3 is 5.97 Å². The molecule has 0 radical (unpaired) electrons. The van der Waals surface area contributed by atoms with Crippen molar-refractivity contribution >= 4 is 17.7 Å². The summed E-state index contributed by atoms with van der Waals surface area (Å²) in [6, 6.07) is 1.82. The van der Waals surface area contributed by atoms with Crippen LogP contribution in [-0.4, -0.2) is 41.4 Å². The van der Waals surface area contributed by atoms with Crippen molar-refractivity contribution < 1.29 is 9.90 Å². The maximum atomic E-state index is 10.5. The number of nitrogens with zero attached hydrogens (tertiary/aromatic N) is 5. The van der Waals surface area contributed by atoms with Crippen LogP contribution < -0.4 is 0 Å². The van der Waals surface area contributed by atoms with Crippen molar-refractivity contribution in [3.63, 3.8) is 0 Å². The molecule has 0 aliphatic rings. The smallest absolute Gasteiger partial charge is 0.313 e. The minimum Gasteiger partial charge on any atom is -0.481 e. The highest BCUT2D eigenvalue weighted by Crippen LogP contribution is 2.20. The number of carbonyl (C=O) groups is 1. The number of hydrogen-bond acceptors (Lipinski definition) is 5. The van der Waals surface area contributed by atoms with E-state index in [4.69, 9.17) is 5.11 Å². The van der Waals surface area contributed by atoms with Gasteiger partial charge in [-0.25, -0.2) is 0 Å². The normalized spacial score (nSPS) is 10.7. The van der Waals surface area contributed by atoms with Gasteiger partial charge in [-0.1, -0.05) is 11.8 Å². The monoisotopic (exact) mass is 253 g/mol. The van der Waals surface area contributed by atoms with E-state index in [1.807, 2.05) is 13.1 Å². The number of carboxylic acid groups (broad SMARTS) is 1. The van der Waals surface area contributed by atoms with Gasteiger partial charge in [-0.15, -0.1) is 10.2 Å². The van der Waals surface area contributed by atoms with Gasteiger partial charge < -0.3 is 5.11 Å². The van der Waals surface area contributed by atoms with Gasteiger partial charge in [0.05, 0.1) is 5.75 Å². The molecule has 90 valence electrons. The number of rotatable bonds is 4. The second-order valence-corrected chi connectivity index (χ2v) is 4.34. The average Bonchev–Trinajstić information content (AvgIpc) is 2.82. The number of aliphatic carboxylic acids is 1. The number of thioether (sulfide) groups is 1. The molecule has 0 saturated carbocycles. The Bertz CT molecular complexity index is 547. The molecule has 2 aromatic rings. The van der Waals surface area contributed by atoms with Gasteiger partial charge in [0.2, 0.25) is 0 Å². The zero-order chi connectivity index (χ0) is 12.4. The van der Waals surface area contributed by atoms with E-state index < -0.39 is 5.97 Å². The van der Waals surface area contributed by atoms with Crippen LogP contribution in [0.3, 0.4) is 0 Å². The van der Waals surface area contributed by atoms with Crippen LogP contribution in [-0.2, 0) is 11.8 Å². The van der Waals surface area contributed by atoms with Crippen molar-refractivity contribution in [1.29, 1.82) is 0 Å². The molecule has 0 saturated heterocycles. The van der Waals surface area contributed by atoms with Gasteiger partial charge in [0.1, 0.15) is 5.82 Å². The van der Waals surface area contributed by atoms with Gasteiger partial charge in [0.25, 0.3) is 0 Å². The molecular formula is C9H11N5O2S. The summed E-state index contributed by atoms with van der Waals surface area (Å²) in [4.78, 5) is 10.5. The molecule has 0 unspecified atom stereocenters. The molecule has 0 amide bonds. The first-order chi connectivity index (χ1) is 8.08. The Hall–Kier alpha value is -1.83. The molecule has 0 bridgehead atoms. The molecule has 1 N–H and O–H groups in total. The lowest BCUT2D eigenvalue weighted by Gasteiger charge is -2.03. The van der Waals surface area contributed by atoms with Gasteiger partial charge in [-0.2, -0.15) is 5.10 Å². The quantitative estimate of drug-likeness (QED) is 0.798. The summed E-state index contributed by atoms with van der Waals surface area (Å²) in [5.74, 6) is 0.424. The molecule has 2 aromatic heterocycles. The fourth-order valence-corrected chi connectivity index (χ4v) is 2.05. The molecule has 0 aliphatic heterocycles. The average molecular weight is 253 g/mol. The van der Waals surface area contributed by atoms with Crippen LogP contribution in [0.1, 0.15) is 5.82 Å². The third kappa shape index (κ3) is 2.47. The van der Waals surface area contributed by atoms with Crippen molar-refractivity contribution in [2.75, 3.05) is 5.75 Å². The van der Waals surface area contributed by atoms with Crippen molar-refractivity contribution in [3.05, 3.63) is 18.1 Å². The summed E-state index contributed by atoms with van der Waals surface area (Å²) in [7, 11) is 1.81. The first-order valence-corrected chi connectivity index (χ1v) is 5.83. The van der Waals surface area contributed by atoms with Gasteiger partial charge in [-0.05, 0) is 6.92 Å². The third-order valence-electron chi connectivity index (χ3n) is 2.05. The van der Waals surface area contributed by atoms with E-state index in [0.29, 0.717) is 16.8 Å². The van der Waals surface area contributed by atoms with Crippen LogP contribution in [0.4, 0.5) is 0 Å². The second kappa shape index (κ2) is 4.58. The Labute approximate surface area is 101 Å². The number of hydrogen-bond donors (Lipinski definition) is 1. The van der Waals surface area contributed by atoms with Crippen LogP contribution in [0.25, 0.3) is 5.82 Å². The highest BCUT2D eigenvalue weighted by Gasteiger charge is 2.14. The van der Waals surface area contributed by atoms with Crippen LogP contribution in [0.2, 0.25) is 0 Å². The molecule has 0 fully saturated rings. The lowest BCUT2D eigenvalue weighted by Crippen LogP contribution is -2.04. The molecule has 0 aromatic carbocycles. The van der Waals surface area contributed by atoms with Crippen molar-refractivity contribution in [2.24, 2.45) is 7.05 Å². The lowest BCUT2D eigenvalue weighted by molar-refractivity contribution is -0.133. The molecular weight excluding hydrogens is 242 g/mol. The first-order valence-electron chi connectivity index (χ1n) is 4.84. The molecule has 2 rings (SSSR count). The zero-order valence-corrected chi connectivity index (χ0v) is 10.2. The summed E-state index contributed by atoms with van der Waals surface area (Å²) in [5.41, 5.74) is 0. The lowest BCUT2D eigenvalue weighted by atomic mass is 10.6. The largest absolute Gasteiger partial charge is 0.481 e. The molecule has 0 spiro atoms. The van der Waals surface area contributed by atoms with E-state index in [2.05, 4.69) is 15.3 Å². The van der Waals surface area contributed by atoms with Crippen LogP contribution in [0, 0.1) is 6.92 Å². The third-order valence-corrected chi connectivity index (χ3v) is 2.96. The molecule has 8 heteroatoms. The van der Waals surface area contributed by atoms with Gasteiger partial charge in [-0.3, -0.25) is 14.0 Å². The molecule has 7 nitrogen and oxygen atoms in total. The summed E-state index contributed by atoms with van der Waals surface area (Å²) >= 11 is 1.12. The fourth-order valence-electron chi connectivity index (χ4n) is 1.35. The van der Waals surface area contributed by atoms with Crippen LogP contribution in [0.5, 0.6) is 0 Å². The summed E-state index contributed by atoms with van der Waals surface area (Å²) in [5, 5.41) is 21.3. The van der Waals surface area contributed by atoms with Crippen LogP contribution >= 0.6 is 11.8 Å². The highest BCUT2D eigenvalue weighted by atomic mass is 32.2. The summed E-state index contributed by atoms with van der Waals surface area (Å²) in [6.07, 6.45) is 1.81. The van der Waals surface area contributed by atoms with Crippen molar-refractivity contribution in [2.45, 2.75) is 12.1 Å². The maximum Gasteiger partial charge on any atom is 0.313 e. The zero-order valence-electron chi connectivity index (χ0n) is 9.36. The molecule has 17 heavy (non-hydrogen) atoms. The first kappa shape index (κ1) is 11.6. The van der Waals surface area contributed by atoms with E-state index in [0.717, 1.165) is 11.8 Å². The molecule has 0 aliphatic carbocycles. The number of carboxylic acids is 1. The number of aryl methyl sites for hydroxylation is 2. The van der Waals surface area contributed by atoms with E-state index in [9.17, 15) is 4.79 Å². The topological polar surface area (TPSA) is 85.8 Å². The summed E-state index contributed by atoms with van der Waals surface area (Å²) in [6.45, 7) is 1.80. The Balaban J connectivity index is 2.32. The maximum absolute atomic E-state index is 10.5. The molecule has 2 heterocycles. The Morgan fingerprint density at radius 1 is 1.53 bits per heavy atom. The molecule has 0 atom stereocenters. The minimum atomic E-state index is -0.886. The van der Waals surface area contributed by atoms with Gasteiger partial charge in [0, 0.05) is 19.3 Å². The Morgan fingerprint density at radius 2 is 2.29 bits per heavy atom. The predicted octanol–water partition coefficient (Wildman–Crippen LogP) is 0.486. The van der Waals surface area contributed by atoms with E-state index in [1.54, 1.807) is 22.4 Å². The standard InChI is InChI=1S/C9H11N5O2S/c1-6-10-11-9(17-5-8(15)16)14(6)7-3-4-13(2)12-7/h3-4H,5H2,1-2H3,(H,15,16). The van der Waals surface area contributed by atoms with Crippen molar-refractivity contribution in [3.8, 4) is 5.82 Å². The second-order valence-electron chi connectivity index (χ2n) is 3.40. The van der Waals surface area contributed by atoms with Crippen LogP contribution in [0.15, 0.2) is 17.4 Å². The van der Waals surface area contributed by atoms with Gasteiger partial charge in [0.15, 0.2) is 11.0 Å². The van der Waals surface area contributed by atoms with Crippen molar-refractivity contribution in [1.82, 2.24) is 24.5 Å². The summed E-state index contributed by atoms with van der Waals surface area (Å²) < 4.78 is 3.40.